The summed E-state index contributed by atoms with van der Waals surface area (Å²) in [6.07, 6.45) is 2.49. The number of urea groups is 1. The summed E-state index contributed by atoms with van der Waals surface area (Å²) in [6.45, 7) is 5.43. The molecule has 3 aromatic rings. The summed E-state index contributed by atoms with van der Waals surface area (Å²) in [5.74, 6) is -0.974. The first-order chi connectivity index (χ1) is 23.4. The Bertz CT molecular complexity index is 1670. The predicted molar refractivity (Wildman–Crippen MR) is 178 cm³/mol. The second-order valence-electron chi connectivity index (χ2n) is 12.0. The Morgan fingerprint density at radius 1 is 0.854 bits per heavy atom. The molecule has 0 bridgehead atoms. The van der Waals surface area contributed by atoms with Gasteiger partial charge in [0.25, 0.3) is 0 Å². The fourth-order valence-electron chi connectivity index (χ4n) is 6.23. The summed E-state index contributed by atoms with van der Waals surface area (Å²) in [5, 5.41) is 1.20. The number of benzene rings is 2. The minimum absolute atomic E-state index is 0.0447. The van der Waals surface area contributed by atoms with E-state index < -0.39 is 24.1 Å². The van der Waals surface area contributed by atoms with Crippen molar-refractivity contribution >= 4 is 57.4 Å². The van der Waals surface area contributed by atoms with E-state index in [0.717, 1.165) is 62.7 Å². The Balaban J connectivity index is 0.887. The molecule has 3 fully saturated rings. The van der Waals surface area contributed by atoms with Gasteiger partial charge in [-0.2, -0.15) is 4.37 Å². The smallest absolute Gasteiger partial charge is 0.417 e. The third kappa shape index (κ3) is 8.00. The van der Waals surface area contributed by atoms with Crippen molar-refractivity contribution in [3.05, 3.63) is 72.3 Å². The number of nitrogens with zero attached hydrogens (tertiary/aromatic N) is 6. The fourth-order valence-corrected chi connectivity index (χ4v) is 7.02. The number of ether oxygens (including phenoxy) is 2. The molecule has 1 aromatic heterocycles. The third-order valence-corrected chi connectivity index (χ3v) is 9.65. The van der Waals surface area contributed by atoms with E-state index in [1.165, 1.54) is 31.4 Å². The molecule has 0 N–H and O–H groups in total. The molecule has 4 amide bonds. The predicted octanol–water partition coefficient (Wildman–Crippen LogP) is 3.50. The van der Waals surface area contributed by atoms with Gasteiger partial charge >= 0.3 is 24.1 Å². The fraction of sp³-hybridized carbons (Fsp3) is 0.412. The van der Waals surface area contributed by atoms with Crippen LogP contribution in [-0.2, 0) is 30.5 Å². The number of piperazine rings is 2. The van der Waals surface area contributed by atoms with Crippen molar-refractivity contribution < 1.29 is 33.4 Å². The average Bonchev–Trinajstić information content (AvgIpc) is 3.54. The maximum atomic E-state index is 13.2. The molecule has 0 radical (unpaired) electrons. The van der Waals surface area contributed by atoms with Crippen molar-refractivity contribution in [1.29, 1.82) is 0 Å². The van der Waals surface area contributed by atoms with E-state index in [1.54, 1.807) is 17.0 Å². The molecule has 0 spiro atoms. The number of imide groups is 1. The first-order valence-electron chi connectivity index (χ1n) is 16.2. The van der Waals surface area contributed by atoms with Crippen LogP contribution < -0.4 is 4.90 Å². The van der Waals surface area contributed by atoms with Gasteiger partial charge in [-0.3, -0.25) is 14.6 Å². The lowest BCUT2D eigenvalue weighted by Crippen LogP contribution is -2.64. The minimum atomic E-state index is -1.02. The number of fused-ring (bicyclic) bond motifs is 2. The van der Waals surface area contributed by atoms with Gasteiger partial charge in [-0.25, -0.2) is 19.2 Å². The number of carbonyl (C=O) groups excluding carboxylic acids is 5. The number of unbranched alkanes of at least 4 members (excludes halogenated alkanes) is 1. The highest BCUT2D eigenvalue weighted by Gasteiger charge is 2.42. The van der Waals surface area contributed by atoms with Gasteiger partial charge in [0.1, 0.15) is 12.4 Å². The SMILES string of the molecule is O=C(/C=C/C(=O)OC(=O)N1CCN2C(=O)N(CCCCN3CCN(c4nsc5ccccc45)CC3)C(=O)CC2C1)OCc1ccccc1. The maximum absolute atomic E-state index is 13.2. The molecular weight excluding hydrogens is 636 g/mol. The van der Waals surface area contributed by atoms with E-state index in [9.17, 15) is 24.0 Å². The zero-order chi connectivity index (χ0) is 33.5. The van der Waals surface area contributed by atoms with Crippen molar-refractivity contribution in [1.82, 2.24) is 24.0 Å². The van der Waals surface area contributed by atoms with Crippen LogP contribution in [0.15, 0.2) is 66.7 Å². The van der Waals surface area contributed by atoms with Crippen molar-refractivity contribution in [3.8, 4) is 0 Å². The van der Waals surface area contributed by atoms with Gasteiger partial charge in [0.2, 0.25) is 5.91 Å². The van der Waals surface area contributed by atoms with Gasteiger partial charge in [0, 0.05) is 76.3 Å². The number of rotatable bonds is 10. The lowest BCUT2D eigenvalue weighted by molar-refractivity contribution is -0.140. The third-order valence-electron chi connectivity index (χ3n) is 8.83. The Hall–Kier alpha value is -4.82. The van der Waals surface area contributed by atoms with E-state index >= 15 is 0 Å². The molecule has 0 aliphatic carbocycles. The molecule has 48 heavy (non-hydrogen) atoms. The molecule has 14 heteroatoms. The van der Waals surface area contributed by atoms with Crippen LogP contribution in [-0.4, -0.2) is 119 Å². The van der Waals surface area contributed by atoms with E-state index in [1.807, 2.05) is 30.3 Å². The van der Waals surface area contributed by atoms with Crippen LogP contribution in [0, 0.1) is 0 Å². The molecule has 0 saturated carbocycles. The zero-order valence-corrected chi connectivity index (χ0v) is 27.4. The maximum Gasteiger partial charge on any atom is 0.417 e. The number of aromatic nitrogens is 1. The van der Waals surface area contributed by atoms with Crippen molar-refractivity contribution in [2.45, 2.75) is 31.9 Å². The number of hydrogen-bond acceptors (Lipinski definition) is 11. The summed E-state index contributed by atoms with van der Waals surface area (Å²) in [7, 11) is 0. The molecule has 13 nitrogen and oxygen atoms in total. The molecule has 6 rings (SSSR count). The highest BCUT2D eigenvalue weighted by molar-refractivity contribution is 7.13. The second-order valence-corrected chi connectivity index (χ2v) is 12.8. The van der Waals surface area contributed by atoms with Crippen LogP contribution in [0.25, 0.3) is 10.1 Å². The second kappa shape index (κ2) is 15.4. The van der Waals surface area contributed by atoms with E-state index in [2.05, 4.69) is 26.3 Å². The largest absolute Gasteiger partial charge is 0.458 e. The summed E-state index contributed by atoms with van der Waals surface area (Å²) in [5.41, 5.74) is 0.793. The number of carbonyl (C=O) groups is 5. The molecule has 4 heterocycles. The van der Waals surface area contributed by atoms with Crippen LogP contribution in [0.5, 0.6) is 0 Å². The molecule has 3 aliphatic heterocycles. The molecule has 2 aromatic carbocycles. The number of anilines is 1. The van der Waals surface area contributed by atoms with Gasteiger partial charge in [-0.15, -0.1) is 0 Å². The van der Waals surface area contributed by atoms with Gasteiger partial charge in [-0.1, -0.05) is 42.5 Å². The van der Waals surface area contributed by atoms with Crippen molar-refractivity contribution in [3.63, 3.8) is 0 Å². The highest BCUT2D eigenvalue weighted by atomic mass is 32.1. The van der Waals surface area contributed by atoms with Gasteiger partial charge < -0.3 is 24.2 Å². The minimum Gasteiger partial charge on any atom is -0.458 e. The van der Waals surface area contributed by atoms with Gasteiger partial charge in [-0.05, 0) is 48.6 Å². The first-order valence-corrected chi connectivity index (χ1v) is 16.9. The van der Waals surface area contributed by atoms with E-state index in [4.69, 9.17) is 9.47 Å². The van der Waals surface area contributed by atoms with Crippen LogP contribution in [0.2, 0.25) is 0 Å². The topological polar surface area (TPSA) is 133 Å². The van der Waals surface area contributed by atoms with Crippen molar-refractivity contribution in [2.24, 2.45) is 0 Å². The van der Waals surface area contributed by atoms with E-state index in [-0.39, 0.29) is 44.6 Å². The molecule has 252 valence electrons. The van der Waals surface area contributed by atoms with Gasteiger partial charge in [0.15, 0.2) is 0 Å². The summed E-state index contributed by atoms with van der Waals surface area (Å²) < 4.78 is 15.8. The molecule has 1 atom stereocenters. The number of amides is 4. The van der Waals surface area contributed by atoms with E-state index in [0.29, 0.717) is 13.0 Å². The molecule has 3 saturated heterocycles. The van der Waals surface area contributed by atoms with Crippen LogP contribution in [0.1, 0.15) is 24.8 Å². The van der Waals surface area contributed by atoms with Crippen molar-refractivity contribution in [2.75, 3.05) is 63.8 Å². The van der Waals surface area contributed by atoms with Crippen LogP contribution in [0.3, 0.4) is 0 Å². The Kier molecular flexibility index (Phi) is 10.6. The molecule has 1 unspecified atom stereocenters. The van der Waals surface area contributed by atoms with Crippen LogP contribution >= 0.6 is 11.5 Å². The van der Waals surface area contributed by atoms with Crippen LogP contribution in [0.4, 0.5) is 15.4 Å². The molecule has 3 aliphatic rings. The number of esters is 2. The summed E-state index contributed by atoms with van der Waals surface area (Å²) >= 11 is 1.53. The Morgan fingerprint density at radius 3 is 2.40 bits per heavy atom. The summed E-state index contributed by atoms with van der Waals surface area (Å²) in [4.78, 5) is 71.8. The molecular formula is C34H38N6O7S. The normalized spacial score (nSPS) is 18.8. The Labute approximate surface area is 282 Å². The zero-order valence-electron chi connectivity index (χ0n) is 26.6. The van der Waals surface area contributed by atoms with Gasteiger partial charge in [0.05, 0.1) is 10.7 Å². The lowest BCUT2D eigenvalue weighted by atomic mass is 10.0. The number of hydrogen-bond donors (Lipinski definition) is 0. The first kappa shape index (κ1) is 33.1. The Morgan fingerprint density at radius 2 is 1.58 bits per heavy atom. The quantitative estimate of drug-likeness (QED) is 0.136. The standard InChI is InChI=1S/C34H38N6O7S/c41-29-22-26-23-38(34(45)47-31(43)13-12-30(42)46-24-25-8-2-1-3-9-25)20-21-39(26)33(44)40(29)15-7-6-14-36-16-18-37(19-17-36)32-27-10-4-5-11-28(27)48-35-32/h1-5,8-13,26H,6-7,14-24H2/b13-12+. The highest BCUT2D eigenvalue weighted by Crippen LogP contribution is 2.30. The summed E-state index contributed by atoms with van der Waals surface area (Å²) in [6, 6.07) is 16.5. The average molecular weight is 675 g/mol. The monoisotopic (exact) mass is 674 g/mol. The lowest BCUT2D eigenvalue weighted by Gasteiger charge is -2.45.